The summed E-state index contributed by atoms with van der Waals surface area (Å²) in [5.74, 6) is 0.366. The number of rotatable bonds is 3. The van der Waals surface area contributed by atoms with Crippen molar-refractivity contribution in [2.45, 2.75) is 57.9 Å². The summed E-state index contributed by atoms with van der Waals surface area (Å²) in [6.45, 7) is 6.01. The molecule has 3 heteroatoms. The molecule has 2 heterocycles. The molecule has 2 aliphatic rings. The van der Waals surface area contributed by atoms with Crippen LogP contribution in [0.1, 0.15) is 51.9 Å². The van der Waals surface area contributed by atoms with E-state index in [1.165, 1.54) is 44.9 Å². The van der Waals surface area contributed by atoms with Crippen molar-refractivity contribution < 1.29 is 4.79 Å². The topological polar surface area (TPSA) is 23.6 Å². The molecule has 0 N–H and O–H groups in total. The Morgan fingerprint density at radius 1 is 1.06 bits per heavy atom. The predicted molar refractivity (Wildman–Crippen MR) is 69.9 cm³/mol. The van der Waals surface area contributed by atoms with Gasteiger partial charge in [-0.15, -0.1) is 0 Å². The van der Waals surface area contributed by atoms with Gasteiger partial charge in [-0.25, -0.2) is 0 Å². The maximum absolute atomic E-state index is 12.2. The van der Waals surface area contributed by atoms with E-state index in [1.807, 2.05) is 0 Å². The maximum atomic E-state index is 12.2. The Labute approximate surface area is 105 Å². The van der Waals surface area contributed by atoms with Crippen LogP contribution in [-0.4, -0.2) is 47.9 Å². The molecule has 0 spiro atoms. The molecule has 2 fully saturated rings. The molecule has 98 valence electrons. The molecule has 1 atom stereocenters. The number of carbonyl (C=O) groups is 1. The van der Waals surface area contributed by atoms with E-state index in [0.717, 1.165) is 19.6 Å². The largest absolute Gasteiger partial charge is 0.342 e. The predicted octanol–water partition coefficient (Wildman–Crippen LogP) is 2.26. The molecule has 0 aromatic heterocycles. The van der Waals surface area contributed by atoms with E-state index in [4.69, 9.17) is 0 Å². The standard InChI is InChI=1S/C14H26N2O/c1-2-13-8-4-7-11-16(13)12-14(17)15-9-5-3-6-10-15/h13H,2-12H2,1H3. The number of hydrogen-bond donors (Lipinski definition) is 0. The molecule has 1 amide bonds. The lowest BCUT2D eigenvalue weighted by atomic mass is 10.00. The van der Waals surface area contributed by atoms with Gasteiger partial charge in [-0.2, -0.15) is 0 Å². The minimum Gasteiger partial charge on any atom is -0.342 e. The van der Waals surface area contributed by atoms with Crippen LogP contribution < -0.4 is 0 Å². The van der Waals surface area contributed by atoms with Crippen LogP contribution in [0.4, 0.5) is 0 Å². The van der Waals surface area contributed by atoms with Gasteiger partial charge in [0.15, 0.2) is 0 Å². The average molecular weight is 238 g/mol. The minimum atomic E-state index is 0.366. The fraction of sp³-hybridized carbons (Fsp3) is 0.929. The number of nitrogens with zero attached hydrogens (tertiary/aromatic N) is 2. The van der Waals surface area contributed by atoms with Crippen LogP contribution in [0.5, 0.6) is 0 Å². The molecule has 0 radical (unpaired) electrons. The summed E-state index contributed by atoms with van der Waals surface area (Å²) in [6.07, 6.45) is 8.77. The lowest BCUT2D eigenvalue weighted by Crippen LogP contribution is -2.47. The molecule has 0 aliphatic carbocycles. The van der Waals surface area contributed by atoms with Gasteiger partial charge in [-0.05, 0) is 45.1 Å². The number of hydrogen-bond acceptors (Lipinski definition) is 2. The highest BCUT2D eigenvalue weighted by molar-refractivity contribution is 5.78. The molecule has 0 saturated carbocycles. The van der Waals surface area contributed by atoms with Crippen LogP contribution in [0.25, 0.3) is 0 Å². The average Bonchev–Trinajstić information content (AvgIpc) is 2.40. The highest BCUT2D eigenvalue weighted by atomic mass is 16.2. The van der Waals surface area contributed by atoms with Gasteiger partial charge in [0.05, 0.1) is 6.54 Å². The van der Waals surface area contributed by atoms with Crippen LogP contribution in [0.2, 0.25) is 0 Å². The van der Waals surface area contributed by atoms with Gasteiger partial charge in [0.2, 0.25) is 5.91 Å². The number of carbonyl (C=O) groups excluding carboxylic acids is 1. The smallest absolute Gasteiger partial charge is 0.236 e. The second kappa shape index (κ2) is 6.39. The Morgan fingerprint density at radius 3 is 2.47 bits per heavy atom. The van der Waals surface area contributed by atoms with Gasteiger partial charge >= 0.3 is 0 Å². The van der Waals surface area contributed by atoms with Crippen molar-refractivity contribution in [1.29, 1.82) is 0 Å². The van der Waals surface area contributed by atoms with Gasteiger partial charge < -0.3 is 4.90 Å². The van der Waals surface area contributed by atoms with E-state index in [9.17, 15) is 4.79 Å². The van der Waals surface area contributed by atoms with Gasteiger partial charge in [0, 0.05) is 19.1 Å². The minimum absolute atomic E-state index is 0.366. The van der Waals surface area contributed by atoms with Gasteiger partial charge in [-0.3, -0.25) is 9.69 Å². The monoisotopic (exact) mass is 238 g/mol. The van der Waals surface area contributed by atoms with E-state index in [0.29, 0.717) is 18.5 Å². The van der Waals surface area contributed by atoms with Crippen molar-refractivity contribution in [3.8, 4) is 0 Å². The molecule has 2 rings (SSSR count). The first-order chi connectivity index (χ1) is 8.31. The fourth-order valence-electron chi connectivity index (χ4n) is 3.15. The molecule has 2 saturated heterocycles. The first kappa shape index (κ1) is 12.9. The van der Waals surface area contributed by atoms with Crippen LogP contribution in [-0.2, 0) is 4.79 Å². The van der Waals surface area contributed by atoms with E-state index in [1.54, 1.807) is 0 Å². The lowest BCUT2D eigenvalue weighted by Gasteiger charge is -2.36. The molecule has 2 aliphatic heterocycles. The van der Waals surface area contributed by atoms with Gasteiger partial charge in [-0.1, -0.05) is 13.3 Å². The van der Waals surface area contributed by atoms with Gasteiger partial charge in [0.25, 0.3) is 0 Å². The van der Waals surface area contributed by atoms with E-state index in [-0.39, 0.29) is 0 Å². The zero-order chi connectivity index (χ0) is 12.1. The summed E-state index contributed by atoms with van der Waals surface area (Å²) >= 11 is 0. The zero-order valence-electron chi connectivity index (χ0n) is 11.2. The Hall–Kier alpha value is -0.570. The van der Waals surface area contributed by atoms with Crippen molar-refractivity contribution in [3.63, 3.8) is 0 Å². The summed E-state index contributed by atoms with van der Waals surface area (Å²) in [5.41, 5.74) is 0. The zero-order valence-corrected chi connectivity index (χ0v) is 11.2. The molecule has 1 unspecified atom stereocenters. The van der Waals surface area contributed by atoms with Crippen LogP contribution in [0, 0.1) is 0 Å². The second-order valence-corrected chi connectivity index (χ2v) is 5.47. The first-order valence-electron chi connectivity index (χ1n) is 7.33. The number of likely N-dealkylation sites (tertiary alicyclic amines) is 2. The third-order valence-corrected chi connectivity index (χ3v) is 4.27. The van der Waals surface area contributed by atoms with Crippen molar-refractivity contribution in [1.82, 2.24) is 9.80 Å². The van der Waals surface area contributed by atoms with Crippen molar-refractivity contribution >= 4 is 5.91 Å². The molecule has 0 aromatic rings. The van der Waals surface area contributed by atoms with Crippen LogP contribution in [0.3, 0.4) is 0 Å². The summed E-state index contributed by atoms with van der Waals surface area (Å²) in [6, 6.07) is 0.650. The van der Waals surface area contributed by atoms with Gasteiger partial charge in [0.1, 0.15) is 0 Å². The van der Waals surface area contributed by atoms with Crippen molar-refractivity contribution in [2.24, 2.45) is 0 Å². The summed E-state index contributed by atoms with van der Waals surface area (Å²) in [7, 11) is 0. The second-order valence-electron chi connectivity index (χ2n) is 5.47. The van der Waals surface area contributed by atoms with E-state index >= 15 is 0 Å². The highest BCUT2D eigenvalue weighted by Gasteiger charge is 2.25. The first-order valence-corrected chi connectivity index (χ1v) is 7.33. The summed E-state index contributed by atoms with van der Waals surface area (Å²) in [4.78, 5) is 16.7. The quantitative estimate of drug-likeness (QED) is 0.753. The maximum Gasteiger partial charge on any atom is 0.236 e. The third-order valence-electron chi connectivity index (χ3n) is 4.27. The molecule has 17 heavy (non-hydrogen) atoms. The van der Waals surface area contributed by atoms with E-state index < -0.39 is 0 Å². The number of piperidine rings is 2. The normalized spacial score (nSPS) is 27.1. The lowest BCUT2D eigenvalue weighted by molar-refractivity contribution is -0.134. The highest BCUT2D eigenvalue weighted by Crippen LogP contribution is 2.19. The summed E-state index contributed by atoms with van der Waals surface area (Å²) < 4.78 is 0. The molecular weight excluding hydrogens is 212 g/mol. The third kappa shape index (κ3) is 3.44. The molecule has 0 aromatic carbocycles. The Kier molecular flexibility index (Phi) is 4.84. The Morgan fingerprint density at radius 2 is 1.76 bits per heavy atom. The van der Waals surface area contributed by atoms with E-state index in [2.05, 4.69) is 16.7 Å². The molecular formula is C14H26N2O. The Balaban J connectivity index is 1.83. The Bertz CT molecular complexity index is 249. The SMILES string of the molecule is CCC1CCCCN1CC(=O)N1CCCCC1. The fourth-order valence-corrected chi connectivity index (χ4v) is 3.15. The summed E-state index contributed by atoms with van der Waals surface area (Å²) in [5, 5.41) is 0. The molecule has 3 nitrogen and oxygen atoms in total. The number of amides is 1. The molecule has 0 bridgehead atoms. The van der Waals surface area contributed by atoms with Crippen LogP contribution >= 0.6 is 0 Å². The van der Waals surface area contributed by atoms with Crippen LogP contribution in [0.15, 0.2) is 0 Å². The van der Waals surface area contributed by atoms with Crippen molar-refractivity contribution in [2.75, 3.05) is 26.2 Å². The van der Waals surface area contributed by atoms with Crippen molar-refractivity contribution in [3.05, 3.63) is 0 Å².